The minimum Gasteiger partial charge on any atom is -0.398 e. The molecule has 10 rings (SSSR count). The highest BCUT2D eigenvalue weighted by atomic mass is 32.1. The molecule has 1 aliphatic carbocycles. The number of nitrogens with two attached hydrogens (primary N) is 2. The average molecular weight is 959 g/mol. The molecule has 0 bridgehead atoms. The molecular formula is C48H46N6S7Si. The van der Waals surface area contributed by atoms with Gasteiger partial charge in [0.25, 0.3) is 0 Å². The van der Waals surface area contributed by atoms with Crippen molar-refractivity contribution in [2.24, 2.45) is 5.73 Å². The number of benzene rings is 1. The van der Waals surface area contributed by atoms with Gasteiger partial charge in [0.1, 0.15) is 11.0 Å². The summed E-state index contributed by atoms with van der Waals surface area (Å²) >= 11 is 12.0. The number of unbranched alkanes of at least 4 members (excludes halogenated alkanes) is 6. The molecular weight excluding hydrogens is 913 g/mol. The Bertz CT molecular complexity index is 3070. The number of fused-ring (bicyclic) bond motifs is 4. The van der Waals surface area contributed by atoms with Gasteiger partial charge in [0.2, 0.25) is 0 Å². The van der Waals surface area contributed by atoms with E-state index in [2.05, 4.69) is 80.6 Å². The molecule has 0 atom stereocenters. The molecule has 8 heterocycles. The fraction of sp³-hybridized carbons (Fsp3) is 0.250. The van der Waals surface area contributed by atoms with Crippen LogP contribution >= 0.6 is 79.7 Å². The molecule has 314 valence electrons. The summed E-state index contributed by atoms with van der Waals surface area (Å²) in [6.07, 6.45) is 14.4. The second-order valence-corrected chi connectivity index (χ2v) is 25.1. The van der Waals surface area contributed by atoms with E-state index in [9.17, 15) is 5.41 Å². The maximum absolute atomic E-state index is 9.23. The summed E-state index contributed by atoms with van der Waals surface area (Å²) in [5.41, 5.74) is 20.6. The van der Waals surface area contributed by atoms with Crippen molar-refractivity contribution in [3.63, 3.8) is 0 Å². The first-order valence-corrected chi connectivity index (χ1v) is 28.4. The predicted molar refractivity (Wildman–Crippen MR) is 281 cm³/mol. The van der Waals surface area contributed by atoms with Crippen LogP contribution in [0.4, 0.5) is 5.69 Å². The molecule has 2 aliphatic rings. The van der Waals surface area contributed by atoms with Crippen LogP contribution in [0.25, 0.3) is 72.3 Å². The van der Waals surface area contributed by atoms with E-state index < -0.39 is 9.52 Å². The zero-order chi connectivity index (χ0) is 42.5. The van der Waals surface area contributed by atoms with Crippen molar-refractivity contribution in [3.8, 4) is 50.1 Å². The normalized spacial score (nSPS) is 14.2. The van der Waals surface area contributed by atoms with Crippen LogP contribution in [0.3, 0.4) is 0 Å². The van der Waals surface area contributed by atoms with Crippen LogP contribution in [0.1, 0.15) is 84.7 Å². The Balaban J connectivity index is 0.887. The first kappa shape index (κ1) is 41.9. The van der Waals surface area contributed by atoms with E-state index in [4.69, 9.17) is 25.6 Å². The van der Waals surface area contributed by atoms with E-state index in [0.29, 0.717) is 11.3 Å². The van der Waals surface area contributed by atoms with Gasteiger partial charge in [-0.1, -0.05) is 52.4 Å². The van der Waals surface area contributed by atoms with Crippen molar-refractivity contribution in [1.82, 2.24) is 8.75 Å². The number of aryl methyl sites for hydroxylation is 2. The Hall–Kier alpha value is -4.12. The minimum absolute atomic E-state index is 0.191. The molecule has 0 spiro atoms. The van der Waals surface area contributed by atoms with Crippen LogP contribution in [-0.4, -0.2) is 29.7 Å². The fourth-order valence-corrected chi connectivity index (χ4v) is 19.1. The van der Waals surface area contributed by atoms with Crippen molar-refractivity contribution in [2.45, 2.75) is 78.1 Å². The van der Waals surface area contributed by atoms with Gasteiger partial charge in [-0.2, -0.15) is 8.75 Å². The van der Waals surface area contributed by atoms with Crippen LogP contribution in [0.5, 0.6) is 0 Å². The summed E-state index contributed by atoms with van der Waals surface area (Å²) in [5.74, 6) is 0. The molecule has 0 saturated carbocycles. The van der Waals surface area contributed by atoms with Gasteiger partial charge in [-0.05, 0) is 109 Å². The maximum atomic E-state index is 9.23. The summed E-state index contributed by atoms with van der Waals surface area (Å²) < 4.78 is 9.67. The number of aromatic nitrogens is 2. The molecule has 62 heavy (non-hydrogen) atoms. The number of nitrogens with zero attached hydrogens (tertiary/aromatic N) is 2. The number of thiophene rings is 6. The van der Waals surface area contributed by atoms with Crippen molar-refractivity contribution in [1.29, 1.82) is 10.8 Å². The van der Waals surface area contributed by atoms with Crippen molar-refractivity contribution in [3.05, 3.63) is 98.0 Å². The van der Waals surface area contributed by atoms with Gasteiger partial charge in [0, 0.05) is 92.2 Å². The number of hydrogen-bond acceptors (Lipinski definition) is 13. The number of anilines is 1. The molecule has 7 aromatic heterocycles. The van der Waals surface area contributed by atoms with Crippen LogP contribution in [0.2, 0.25) is 0 Å². The van der Waals surface area contributed by atoms with E-state index in [1.807, 2.05) is 28.7 Å². The van der Waals surface area contributed by atoms with Crippen LogP contribution in [0, 0.1) is 10.8 Å². The monoisotopic (exact) mass is 958 g/mol. The molecule has 0 unspecified atom stereocenters. The lowest BCUT2D eigenvalue weighted by atomic mass is 9.90. The van der Waals surface area contributed by atoms with Crippen LogP contribution < -0.4 is 21.8 Å². The van der Waals surface area contributed by atoms with Gasteiger partial charge < -0.3 is 11.5 Å². The highest BCUT2D eigenvalue weighted by molar-refractivity contribution is 7.28. The second kappa shape index (κ2) is 17.8. The SMILES string of the molecule is CCCCCCc1ccc(-c2ccc(C3=CC(N)=C(c4cc5c(s4)-c4sc(-c6c(N)cc(-c7ccc(-c8ccc(CCCCCC)s8)s7)c7nsnc67)cc4[SiH2]5)C(=N)C3=N)s2)s1. The van der Waals surface area contributed by atoms with E-state index in [1.165, 1.54) is 112 Å². The summed E-state index contributed by atoms with van der Waals surface area (Å²) in [4.78, 5) is 14.7. The Kier molecular flexibility index (Phi) is 12.0. The topological polar surface area (TPSA) is 126 Å². The van der Waals surface area contributed by atoms with Gasteiger partial charge in [0.05, 0.1) is 32.7 Å². The maximum Gasteiger partial charge on any atom is 0.116 e. The molecule has 0 fully saturated rings. The van der Waals surface area contributed by atoms with Gasteiger partial charge in [-0.25, -0.2) is 0 Å². The molecule has 6 N–H and O–H groups in total. The number of nitrogens with one attached hydrogen (secondary N) is 2. The van der Waals surface area contributed by atoms with Crippen LogP contribution in [0.15, 0.2) is 78.5 Å². The van der Waals surface area contributed by atoms with Gasteiger partial charge in [-0.3, -0.25) is 10.8 Å². The highest BCUT2D eigenvalue weighted by Crippen LogP contribution is 2.48. The summed E-state index contributed by atoms with van der Waals surface area (Å²) in [7, 11) is -0.767. The molecule has 0 radical (unpaired) electrons. The number of hydrogen-bond donors (Lipinski definition) is 4. The molecule has 6 nitrogen and oxygen atoms in total. The summed E-state index contributed by atoms with van der Waals surface area (Å²) in [6.45, 7) is 4.51. The van der Waals surface area contributed by atoms with Gasteiger partial charge >= 0.3 is 0 Å². The fourth-order valence-electron chi connectivity index (χ4n) is 8.50. The third kappa shape index (κ3) is 7.91. The Morgan fingerprint density at radius 1 is 0.548 bits per heavy atom. The summed E-state index contributed by atoms with van der Waals surface area (Å²) in [6, 6.07) is 24.4. The van der Waals surface area contributed by atoms with E-state index >= 15 is 0 Å². The average Bonchev–Trinajstić information content (AvgIpc) is 4.10. The molecule has 0 saturated heterocycles. The predicted octanol–water partition coefficient (Wildman–Crippen LogP) is 13.5. The molecule has 14 heteroatoms. The van der Waals surface area contributed by atoms with Crippen molar-refractivity contribution in [2.75, 3.05) is 5.73 Å². The second-order valence-electron chi connectivity index (χ2n) is 16.1. The standard InChI is InChI=1S/C48H46N6S7Si/c1-3-5-7-9-11-25-13-15-33(55-25)35-19-17-31(57-35)27-21-29(49)41(44(52)43(27)51)37-23-39-47(59-37)48-40(62-39)24-38(60-48)42-30(50)22-28(45-46(42)54-61-53-45)32-18-20-36(58-32)34-16-14-26(56-34)12-10-8-6-4-2/h13-24,51-52H,3-12,49-50,62H2,1-2H3. The Labute approximate surface area is 392 Å². The molecule has 1 aliphatic heterocycles. The van der Waals surface area contributed by atoms with E-state index in [1.54, 1.807) is 45.3 Å². The Morgan fingerprint density at radius 3 is 1.76 bits per heavy atom. The van der Waals surface area contributed by atoms with Crippen LogP contribution in [-0.2, 0) is 12.8 Å². The quantitative estimate of drug-likeness (QED) is 0.0333. The number of allylic oxidation sites excluding steroid dienone is 3. The van der Waals surface area contributed by atoms with Crippen molar-refractivity contribution >= 4 is 139 Å². The van der Waals surface area contributed by atoms with Gasteiger partial charge in [0.15, 0.2) is 0 Å². The lowest BCUT2D eigenvalue weighted by Gasteiger charge is -2.19. The molecule has 8 aromatic rings. The third-order valence-electron chi connectivity index (χ3n) is 11.7. The first-order chi connectivity index (χ1) is 30.3. The largest absolute Gasteiger partial charge is 0.398 e. The highest BCUT2D eigenvalue weighted by Gasteiger charge is 2.32. The minimum atomic E-state index is -0.767. The van der Waals surface area contributed by atoms with Gasteiger partial charge in [-0.15, -0.1) is 68.0 Å². The lowest BCUT2D eigenvalue weighted by Crippen LogP contribution is -2.23. The molecule has 0 amide bonds. The Morgan fingerprint density at radius 2 is 1.10 bits per heavy atom. The van der Waals surface area contributed by atoms with E-state index in [0.717, 1.165) is 65.8 Å². The smallest absolute Gasteiger partial charge is 0.116 e. The van der Waals surface area contributed by atoms with Crippen molar-refractivity contribution < 1.29 is 0 Å². The zero-order valence-electron chi connectivity index (χ0n) is 34.6. The molecule has 1 aromatic carbocycles. The third-order valence-corrected chi connectivity index (χ3v) is 22.1. The summed E-state index contributed by atoms with van der Waals surface area (Å²) in [5, 5.41) is 21.2. The van der Waals surface area contributed by atoms with E-state index in [-0.39, 0.29) is 11.4 Å². The number of rotatable bonds is 16. The first-order valence-electron chi connectivity index (χ1n) is 21.4. The number of nitrogen functional groups attached to an aromatic ring is 1. The zero-order valence-corrected chi connectivity index (χ0v) is 41.7. The lowest BCUT2D eigenvalue weighted by molar-refractivity contribution is 0.670.